The minimum atomic E-state index is -0.549. The number of hydrogen-bond acceptors (Lipinski definition) is 5. The molecule has 0 aromatic heterocycles. The third kappa shape index (κ3) is 6.08. The molecule has 2 aromatic rings. The van der Waals surface area contributed by atoms with Crippen molar-refractivity contribution in [1.82, 2.24) is 10.9 Å². The lowest BCUT2D eigenvalue weighted by atomic mass is 10.2. The molecule has 0 aliphatic heterocycles. The quantitative estimate of drug-likeness (QED) is 0.468. The van der Waals surface area contributed by atoms with Crippen LogP contribution in [0.1, 0.15) is 11.1 Å². The summed E-state index contributed by atoms with van der Waals surface area (Å²) in [6.07, 6.45) is 2.66. The Morgan fingerprint density at radius 1 is 1.15 bits per heavy atom. The molecule has 8 heteroatoms. The highest BCUT2D eigenvalue weighted by atomic mass is 16.6. The zero-order valence-electron chi connectivity index (χ0n) is 14.0. The van der Waals surface area contributed by atoms with Crippen molar-refractivity contribution in [2.45, 2.75) is 6.92 Å². The number of aryl methyl sites for hydroxylation is 1. The molecule has 0 aliphatic rings. The second kappa shape index (κ2) is 8.97. The number of carbonyl (C=O) groups is 2. The van der Waals surface area contributed by atoms with Crippen LogP contribution in [0.25, 0.3) is 6.08 Å². The number of ether oxygens (including phenoxy) is 1. The lowest BCUT2D eigenvalue weighted by molar-refractivity contribution is -0.384. The molecule has 0 bridgehead atoms. The lowest BCUT2D eigenvalue weighted by Gasteiger charge is -2.08. The smallest absolute Gasteiger partial charge is 0.276 e. The number of rotatable bonds is 6. The van der Waals surface area contributed by atoms with Crippen molar-refractivity contribution in [1.29, 1.82) is 0 Å². The zero-order chi connectivity index (χ0) is 18.9. The molecular weight excluding hydrogens is 338 g/mol. The van der Waals surface area contributed by atoms with E-state index >= 15 is 0 Å². The second-order valence-electron chi connectivity index (χ2n) is 5.32. The number of non-ortho nitro benzene ring substituents is 1. The SMILES string of the molecule is Cc1cccc(OCC(=O)NNC(=O)C=Cc2ccc([N+](=O)[O-])cc2)c1. The summed E-state index contributed by atoms with van der Waals surface area (Å²) in [7, 11) is 0. The molecule has 134 valence electrons. The zero-order valence-corrected chi connectivity index (χ0v) is 14.0. The number of nitrogens with zero attached hydrogens (tertiary/aromatic N) is 1. The highest BCUT2D eigenvalue weighted by Gasteiger charge is 2.05. The molecule has 0 heterocycles. The van der Waals surface area contributed by atoms with Gasteiger partial charge >= 0.3 is 0 Å². The van der Waals surface area contributed by atoms with Gasteiger partial charge in [0.1, 0.15) is 5.75 Å². The Hall–Kier alpha value is -3.68. The molecule has 8 nitrogen and oxygen atoms in total. The number of hydrogen-bond donors (Lipinski definition) is 2. The second-order valence-corrected chi connectivity index (χ2v) is 5.32. The number of carbonyl (C=O) groups excluding carboxylic acids is 2. The first-order valence-electron chi connectivity index (χ1n) is 7.65. The molecule has 0 fully saturated rings. The van der Waals surface area contributed by atoms with E-state index in [1.54, 1.807) is 12.1 Å². The van der Waals surface area contributed by atoms with E-state index in [1.807, 2.05) is 19.1 Å². The minimum absolute atomic E-state index is 0.0347. The number of amides is 2. The number of nitro groups is 1. The average molecular weight is 355 g/mol. The lowest BCUT2D eigenvalue weighted by Crippen LogP contribution is -2.43. The van der Waals surface area contributed by atoms with Gasteiger partial charge in [-0.15, -0.1) is 0 Å². The van der Waals surface area contributed by atoms with Crippen LogP contribution in [0.3, 0.4) is 0 Å². The monoisotopic (exact) mass is 355 g/mol. The van der Waals surface area contributed by atoms with Gasteiger partial charge in [0, 0.05) is 18.2 Å². The van der Waals surface area contributed by atoms with E-state index in [0.29, 0.717) is 11.3 Å². The summed E-state index contributed by atoms with van der Waals surface area (Å²) in [5, 5.41) is 10.6. The van der Waals surface area contributed by atoms with Crippen molar-refractivity contribution in [3.05, 3.63) is 75.8 Å². The Balaban J connectivity index is 1.75. The minimum Gasteiger partial charge on any atom is -0.484 e. The molecule has 0 saturated heterocycles. The summed E-state index contributed by atoms with van der Waals surface area (Å²) < 4.78 is 5.30. The van der Waals surface area contributed by atoms with Crippen LogP contribution in [-0.2, 0) is 9.59 Å². The van der Waals surface area contributed by atoms with E-state index in [4.69, 9.17) is 4.74 Å². The van der Waals surface area contributed by atoms with Crippen molar-refractivity contribution >= 4 is 23.6 Å². The molecule has 0 spiro atoms. The normalized spacial score (nSPS) is 10.3. The average Bonchev–Trinajstić information content (AvgIpc) is 2.63. The Labute approximate surface area is 149 Å². The van der Waals surface area contributed by atoms with Crippen LogP contribution in [0.2, 0.25) is 0 Å². The first-order chi connectivity index (χ1) is 12.4. The standard InChI is InChI=1S/C18H17N3O5/c1-13-3-2-4-16(11-13)26-12-18(23)20-19-17(22)10-7-14-5-8-15(9-6-14)21(24)25/h2-11H,12H2,1H3,(H,19,22)(H,20,23). The summed E-state index contributed by atoms with van der Waals surface area (Å²) >= 11 is 0. The maximum atomic E-state index is 11.7. The summed E-state index contributed by atoms with van der Waals surface area (Å²) in [5.41, 5.74) is 6.02. The molecule has 2 amide bonds. The maximum Gasteiger partial charge on any atom is 0.276 e. The van der Waals surface area contributed by atoms with Gasteiger partial charge in [-0.05, 0) is 48.4 Å². The fraction of sp³-hybridized carbons (Fsp3) is 0.111. The van der Waals surface area contributed by atoms with Crippen molar-refractivity contribution in [2.75, 3.05) is 6.61 Å². The van der Waals surface area contributed by atoms with Crippen molar-refractivity contribution < 1.29 is 19.2 Å². The predicted octanol–water partition coefficient (Wildman–Crippen LogP) is 2.14. The van der Waals surface area contributed by atoms with E-state index in [1.165, 1.54) is 36.4 Å². The van der Waals surface area contributed by atoms with Crippen LogP contribution >= 0.6 is 0 Å². The summed E-state index contributed by atoms with van der Waals surface area (Å²) in [6, 6.07) is 12.9. The van der Waals surface area contributed by atoms with E-state index in [2.05, 4.69) is 10.9 Å². The molecular formula is C18H17N3O5. The molecule has 0 radical (unpaired) electrons. The third-order valence-electron chi connectivity index (χ3n) is 3.22. The summed E-state index contributed by atoms with van der Waals surface area (Å²) in [6.45, 7) is 1.67. The summed E-state index contributed by atoms with van der Waals surface area (Å²) in [4.78, 5) is 33.4. The fourth-order valence-electron chi connectivity index (χ4n) is 1.94. The van der Waals surface area contributed by atoms with Gasteiger partial charge in [0.25, 0.3) is 17.5 Å². The molecule has 0 aliphatic carbocycles. The van der Waals surface area contributed by atoms with Crippen molar-refractivity contribution in [3.8, 4) is 5.75 Å². The largest absolute Gasteiger partial charge is 0.484 e. The first-order valence-corrected chi connectivity index (χ1v) is 7.65. The summed E-state index contributed by atoms with van der Waals surface area (Å²) in [5.74, 6) is -0.500. The Bertz CT molecular complexity index is 831. The Kier molecular flexibility index (Phi) is 6.44. The van der Waals surface area contributed by atoms with Gasteiger partial charge in [-0.2, -0.15) is 0 Å². The number of benzene rings is 2. The molecule has 0 saturated carbocycles. The molecule has 0 unspecified atom stereocenters. The van der Waals surface area contributed by atoms with Crippen molar-refractivity contribution in [3.63, 3.8) is 0 Å². The van der Waals surface area contributed by atoms with Crippen LogP contribution < -0.4 is 15.6 Å². The Morgan fingerprint density at radius 3 is 2.54 bits per heavy atom. The van der Waals surface area contributed by atoms with Gasteiger partial charge in [-0.3, -0.25) is 30.6 Å². The van der Waals surface area contributed by atoms with E-state index < -0.39 is 16.7 Å². The maximum absolute atomic E-state index is 11.7. The van der Waals surface area contributed by atoms with Gasteiger partial charge in [-0.25, -0.2) is 0 Å². The van der Waals surface area contributed by atoms with E-state index in [-0.39, 0.29) is 12.3 Å². The predicted molar refractivity (Wildman–Crippen MR) is 95.1 cm³/mol. The van der Waals surface area contributed by atoms with Crippen LogP contribution in [0.5, 0.6) is 5.75 Å². The highest BCUT2D eigenvalue weighted by Crippen LogP contribution is 2.13. The van der Waals surface area contributed by atoms with Crippen LogP contribution in [-0.4, -0.2) is 23.3 Å². The van der Waals surface area contributed by atoms with Crippen molar-refractivity contribution in [2.24, 2.45) is 0 Å². The third-order valence-corrected chi connectivity index (χ3v) is 3.22. The van der Waals surface area contributed by atoms with Gasteiger partial charge in [0.05, 0.1) is 4.92 Å². The van der Waals surface area contributed by atoms with Crippen LogP contribution in [0.4, 0.5) is 5.69 Å². The fourth-order valence-corrected chi connectivity index (χ4v) is 1.94. The highest BCUT2D eigenvalue weighted by molar-refractivity contribution is 5.93. The Morgan fingerprint density at radius 2 is 1.88 bits per heavy atom. The van der Waals surface area contributed by atoms with Crippen LogP contribution in [0.15, 0.2) is 54.6 Å². The van der Waals surface area contributed by atoms with Gasteiger partial charge < -0.3 is 4.74 Å². The molecule has 0 atom stereocenters. The van der Waals surface area contributed by atoms with Crippen LogP contribution in [0, 0.1) is 17.0 Å². The molecule has 2 N–H and O–H groups in total. The molecule has 2 aromatic carbocycles. The number of nitro benzene ring substituents is 1. The first kappa shape index (κ1) is 18.7. The van der Waals surface area contributed by atoms with Gasteiger partial charge in [0.2, 0.25) is 0 Å². The van der Waals surface area contributed by atoms with Gasteiger partial charge in [0.15, 0.2) is 6.61 Å². The molecule has 2 rings (SSSR count). The van der Waals surface area contributed by atoms with Gasteiger partial charge in [-0.1, -0.05) is 12.1 Å². The topological polar surface area (TPSA) is 111 Å². The number of hydrazine groups is 1. The van der Waals surface area contributed by atoms with E-state index in [0.717, 1.165) is 5.56 Å². The number of nitrogens with one attached hydrogen (secondary N) is 2. The molecule has 26 heavy (non-hydrogen) atoms. The van der Waals surface area contributed by atoms with E-state index in [9.17, 15) is 19.7 Å².